The summed E-state index contributed by atoms with van der Waals surface area (Å²) < 4.78 is 1.57. The Morgan fingerprint density at radius 1 is 1.06 bits per heavy atom. The Labute approximate surface area is 116 Å². The average Bonchev–Trinajstić information content (AvgIpc) is 3.01. The molecule has 1 aliphatic carbocycles. The van der Waals surface area contributed by atoms with Crippen LogP contribution in [0.2, 0.25) is 0 Å². The van der Waals surface area contributed by atoms with E-state index in [-0.39, 0.29) is 0 Å². The zero-order valence-electron chi connectivity index (χ0n) is 9.81. The molecule has 0 bridgehead atoms. The summed E-state index contributed by atoms with van der Waals surface area (Å²) in [6, 6.07) is 0. The fourth-order valence-electron chi connectivity index (χ4n) is 3.12. The van der Waals surface area contributed by atoms with Gasteiger partial charge in [0.05, 0.1) is 8.66 Å². The van der Waals surface area contributed by atoms with Crippen molar-refractivity contribution in [2.24, 2.45) is 11.8 Å². The van der Waals surface area contributed by atoms with E-state index in [1.165, 1.54) is 42.3 Å². The molecule has 1 spiro atoms. The molecule has 0 radical (unpaired) electrons. The van der Waals surface area contributed by atoms with Gasteiger partial charge in [0.25, 0.3) is 0 Å². The fourth-order valence-corrected chi connectivity index (χ4v) is 9.80. The van der Waals surface area contributed by atoms with Gasteiger partial charge in [-0.15, -0.1) is 47.0 Å². The third-order valence-electron chi connectivity index (χ3n) is 4.10. The predicted octanol–water partition coefficient (Wildman–Crippen LogP) is 4.41. The van der Waals surface area contributed by atoms with E-state index in [2.05, 4.69) is 54.0 Å². The molecule has 3 aliphatic rings. The Hall–Kier alpha value is 1.40. The molecule has 92 valence electrons. The monoisotopic (exact) mass is 292 g/mol. The first-order valence-electron chi connectivity index (χ1n) is 6.30. The van der Waals surface area contributed by atoms with Crippen molar-refractivity contribution in [2.75, 3.05) is 23.0 Å². The van der Waals surface area contributed by atoms with E-state index in [0.717, 1.165) is 16.4 Å². The topological polar surface area (TPSA) is 0 Å². The number of thioether (sulfide) groups is 4. The quantitative estimate of drug-likeness (QED) is 0.739. The van der Waals surface area contributed by atoms with Gasteiger partial charge in [-0.1, -0.05) is 6.92 Å². The van der Waals surface area contributed by atoms with Gasteiger partial charge in [0.2, 0.25) is 0 Å². The smallest absolute Gasteiger partial charge is 0.0614 e. The Morgan fingerprint density at radius 2 is 1.75 bits per heavy atom. The molecule has 0 N–H and O–H groups in total. The normalized spacial score (nSPS) is 36.2. The van der Waals surface area contributed by atoms with Crippen LogP contribution in [0.15, 0.2) is 0 Å². The predicted molar refractivity (Wildman–Crippen MR) is 82.9 cm³/mol. The maximum Gasteiger partial charge on any atom is 0.0614 e. The highest BCUT2D eigenvalue weighted by Crippen LogP contribution is 2.58. The lowest BCUT2D eigenvalue weighted by atomic mass is 9.94. The Balaban J connectivity index is 1.59. The van der Waals surface area contributed by atoms with Crippen LogP contribution in [-0.2, 0) is 0 Å². The van der Waals surface area contributed by atoms with E-state index in [0.29, 0.717) is 4.08 Å². The fraction of sp³-hybridized carbons (Fsp3) is 1.00. The van der Waals surface area contributed by atoms with Crippen molar-refractivity contribution < 1.29 is 0 Å². The molecule has 3 rings (SSSR count). The van der Waals surface area contributed by atoms with Gasteiger partial charge in [-0.25, -0.2) is 0 Å². The minimum atomic E-state index is 0.660. The van der Waals surface area contributed by atoms with Crippen LogP contribution in [-0.4, -0.2) is 31.7 Å². The molecular formula is C12H20S4. The summed E-state index contributed by atoms with van der Waals surface area (Å²) in [4.78, 5) is 0. The summed E-state index contributed by atoms with van der Waals surface area (Å²) in [5.74, 6) is 7.54. The standard InChI is InChI=1S/C12H20S4/c1-9(11-13-4-5-14-11)10-2-3-12(8-10)15-6-7-16-12/h9-11H,2-8H2,1H3/t9-,10-/m1/s1. The van der Waals surface area contributed by atoms with Gasteiger partial charge < -0.3 is 0 Å². The summed E-state index contributed by atoms with van der Waals surface area (Å²) in [6.45, 7) is 2.52. The van der Waals surface area contributed by atoms with Crippen LogP contribution in [0.4, 0.5) is 0 Å². The van der Waals surface area contributed by atoms with Crippen molar-refractivity contribution in [3.63, 3.8) is 0 Å². The summed E-state index contributed by atoms with van der Waals surface area (Å²) in [5.41, 5.74) is 0. The van der Waals surface area contributed by atoms with E-state index >= 15 is 0 Å². The van der Waals surface area contributed by atoms with Gasteiger partial charge in [-0.3, -0.25) is 0 Å². The molecule has 0 nitrogen and oxygen atoms in total. The highest BCUT2D eigenvalue weighted by Gasteiger charge is 2.45. The van der Waals surface area contributed by atoms with Crippen LogP contribution in [0.1, 0.15) is 26.2 Å². The first-order valence-corrected chi connectivity index (χ1v) is 10.4. The van der Waals surface area contributed by atoms with Gasteiger partial charge in [-0.05, 0) is 31.1 Å². The highest BCUT2D eigenvalue weighted by atomic mass is 32.2. The lowest BCUT2D eigenvalue weighted by molar-refractivity contribution is 0.391. The van der Waals surface area contributed by atoms with Gasteiger partial charge in [0, 0.05) is 23.0 Å². The van der Waals surface area contributed by atoms with Gasteiger partial charge in [-0.2, -0.15) is 0 Å². The zero-order chi connectivity index (χ0) is 11.0. The molecule has 2 heterocycles. The molecule has 4 heteroatoms. The molecule has 16 heavy (non-hydrogen) atoms. The molecule has 0 aromatic carbocycles. The first-order chi connectivity index (χ1) is 7.79. The van der Waals surface area contributed by atoms with Crippen molar-refractivity contribution in [3.8, 4) is 0 Å². The molecule has 0 aromatic heterocycles. The lowest BCUT2D eigenvalue weighted by Gasteiger charge is -2.26. The summed E-state index contributed by atoms with van der Waals surface area (Å²) in [6.07, 6.45) is 4.49. The van der Waals surface area contributed by atoms with Crippen molar-refractivity contribution >= 4 is 47.0 Å². The molecule has 2 atom stereocenters. The molecular weight excluding hydrogens is 272 g/mol. The molecule has 3 fully saturated rings. The van der Waals surface area contributed by atoms with Crippen LogP contribution >= 0.6 is 47.0 Å². The molecule has 0 amide bonds. The van der Waals surface area contributed by atoms with E-state index in [1.54, 1.807) is 0 Å². The van der Waals surface area contributed by atoms with Gasteiger partial charge in [0.1, 0.15) is 0 Å². The number of rotatable bonds is 2. The van der Waals surface area contributed by atoms with E-state index in [1.807, 2.05) is 0 Å². The first kappa shape index (κ1) is 12.4. The van der Waals surface area contributed by atoms with Crippen molar-refractivity contribution in [3.05, 3.63) is 0 Å². The molecule has 2 aliphatic heterocycles. The second-order valence-corrected chi connectivity index (χ2v) is 11.1. The van der Waals surface area contributed by atoms with Gasteiger partial charge >= 0.3 is 0 Å². The van der Waals surface area contributed by atoms with Crippen molar-refractivity contribution in [1.82, 2.24) is 0 Å². The maximum absolute atomic E-state index is 2.52. The minimum Gasteiger partial charge on any atom is -0.146 e. The average molecular weight is 293 g/mol. The summed E-state index contributed by atoms with van der Waals surface area (Å²) >= 11 is 8.97. The van der Waals surface area contributed by atoms with Crippen LogP contribution in [0, 0.1) is 11.8 Å². The number of hydrogen-bond donors (Lipinski definition) is 0. The second-order valence-electron chi connectivity index (χ2n) is 5.08. The molecule has 2 saturated heterocycles. The van der Waals surface area contributed by atoms with Crippen LogP contribution in [0.5, 0.6) is 0 Å². The van der Waals surface area contributed by atoms with Crippen LogP contribution in [0.3, 0.4) is 0 Å². The third kappa shape index (κ3) is 2.41. The van der Waals surface area contributed by atoms with Crippen molar-refractivity contribution in [1.29, 1.82) is 0 Å². The van der Waals surface area contributed by atoms with Crippen LogP contribution < -0.4 is 0 Å². The Morgan fingerprint density at radius 3 is 2.44 bits per heavy atom. The maximum atomic E-state index is 2.52. The minimum absolute atomic E-state index is 0.660. The SMILES string of the molecule is C[C@@H](C1SCCS1)[C@@H]1CCC2(C1)SCCS2. The Kier molecular flexibility index (Phi) is 4.03. The largest absolute Gasteiger partial charge is 0.146 e. The molecule has 0 aromatic rings. The van der Waals surface area contributed by atoms with Gasteiger partial charge in [0.15, 0.2) is 0 Å². The van der Waals surface area contributed by atoms with E-state index < -0.39 is 0 Å². The Bertz CT molecular complexity index is 243. The highest BCUT2D eigenvalue weighted by molar-refractivity contribution is 8.21. The summed E-state index contributed by atoms with van der Waals surface area (Å²) in [7, 11) is 0. The second kappa shape index (κ2) is 5.18. The number of hydrogen-bond acceptors (Lipinski definition) is 4. The molecule has 1 saturated carbocycles. The molecule has 0 unspecified atom stereocenters. The van der Waals surface area contributed by atoms with E-state index in [9.17, 15) is 0 Å². The van der Waals surface area contributed by atoms with Crippen LogP contribution in [0.25, 0.3) is 0 Å². The third-order valence-corrected chi connectivity index (χ3v) is 11.1. The van der Waals surface area contributed by atoms with E-state index in [4.69, 9.17) is 0 Å². The summed E-state index contributed by atoms with van der Waals surface area (Å²) in [5, 5.41) is 0. The van der Waals surface area contributed by atoms with Crippen molar-refractivity contribution in [2.45, 2.75) is 34.8 Å². The zero-order valence-corrected chi connectivity index (χ0v) is 13.1. The lowest BCUT2D eigenvalue weighted by Crippen LogP contribution is -2.19.